The van der Waals surface area contributed by atoms with Crippen LogP contribution >= 0.6 is 7.28 Å². The van der Waals surface area contributed by atoms with E-state index in [1.54, 1.807) is 0 Å². The van der Waals surface area contributed by atoms with Crippen LogP contribution in [0.15, 0.2) is 48.5 Å². The number of rotatable bonds is 4. The first kappa shape index (κ1) is 15.9. The summed E-state index contributed by atoms with van der Waals surface area (Å²) < 4.78 is 0. The fourth-order valence-electron chi connectivity index (χ4n) is 1.86. The van der Waals surface area contributed by atoms with Gasteiger partial charge >= 0.3 is 123 Å². The van der Waals surface area contributed by atoms with E-state index in [0.29, 0.717) is 0 Å². The molecule has 2 rings (SSSR count). The van der Waals surface area contributed by atoms with Crippen molar-refractivity contribution in [3.8, 4) is 0 Å². The maximum atomic E-state index is 12.6. The van der Waals surface area contributed by atoms with Crippen LogP contribution in [0.1, 0.15) is 0 Å². The Labute approximate surface area is 123 Å². The van der Waals surface area contributed by atoms with Gasteiger partial charge in [0.1, 0.15) is 0 Å². The Balaban J connectivity index is 2.64. The monoisotopic (exact) mass is 325 g/mol. The van der Waals surface area contributed by atoms with Crippen molar-refractivity contribution in [2.75, 3.05) is 0 Å². The summed E-state index contributed by atoms with van der Waals surface area (Å²) in [5, 5.41) is 20.3. The summed E-state index contributed by atoms with van der Waals surface area (Å²) in [6.07, 6.45) is 0. The maximum absolute atomic E-state index is 12.6. The van der Waals surface area contributed by atoms with Crippen LogP contribution in [0.2, 0.25) is 0 Å². The van der Waals surface area contributed by atoms with E-state index in [0.717, 1.165) is 48.5 Å². The van der Waals surface area contributed by atoms with Crippen LogP contribution in [0.3, 0.4) is 0 Å². The summed E-state index contributed by atoms with van der Waals surface area (Å²) in [5.41, 5.74) is -0.980. The van der Waals surface area contributed by atoms with E-state index in [1.807, 2.05) is 0 Å². The molecule has 2 aromatic rings. The third kappa shape index (κ3) is 2.78. The minimum absolute atomic E-state index is 0.490. The fraction of sp³-hybridized carbons (Fsp3) is 0. The van der Waals surface area contributed by atoms with E-state index < -0.39 is 39.1 Å². The molecule has 0 saturated carbocycles. The average molecular weight is 325 g/mol. The summed E-state index contributed by atoms with van der Waals surface area (Å²) in [4.78, 5) is 53.0. The number of hydrogen-bond donors (Lipinski definition) is 2. The molecule has 0 radical (unpaired) electrons. The van der Waals surface area contributed by atoms with Crippen molar-refractivity contribution in [1.29, 1.82) is 0 Å². The molecule has 0 bridgehead atoms. The van der Waals surface area contributed by atoms with Crippen molar-refractivity contribution >= 4 is 29.3 Å². The average Bonchev–Trinajstić information content (AvgIpc) is 2.47. The zero-order chi connectivity index (χ0) is 16.6. The molecule has 0 heterocycles. The quantitative estimate of drug-likeness (QED) is 0.459. The molecule has 9 nitrogen and oxygen atoms in total. The van der Waals surface area contributed by atoms with Crippen LogP contribution in [0.4, 0.5) is 11.4 Å². The van der Waals surface area contributed by atoms with Crippen molar-refractivity contribution < 1.29 is 24.5 Å². The molecule has 0 aliphatic rings. The Bertz CT molecular complexity index is 708. The molecule has 116 valence electrons. The third-order valence-electron chi connectivity index (χ3n) is 3.01. The number of hydrogen-bond acceptors (Lipinski definition) is 7. The van der Waals surface area contributed by atoms with E-state index in [9.17, 15) is 34.9 Å². The number of nitro benzene ring substituents is 2. The molecule has 0 saturated heterocycles. The topological polar surface area (TPSA) is 150 Å². The van der Waals surface area contributed by atoms with Gasteiger partial charge in [0.25, 0.3) is 0 Å². The Hall–Kier alpha value is -2.45. The molecule has 10 heteroatoms. The first-order valence-electron chi connectivity index (χ1n) is 5.85. The summed E-state index contributed by atoms with van der Waals surface area (Å²) in [6.45, 7) is 0. The van der Waals surface area contributed by atoms with Gasteiger partial charge in [-0.05, 0) is 0 Å². The van der Waals surface area contributed by atoms with Gasteiger partial charge in [-0.1, -0.05) is 0 Å². The van der Waals surface area contributed by atoms with Crippen molar-refractivity contribution in [3.05, 3.63) is 68.8 Å². The summed E-state index contributed by atoms with van der Waals surface area (Å²) in [5.74, 6) is 0. The van der Waals surface area contributed by atoms with E-state index in [4.69, 9.17) is 0 Å². The first-order chi connectivity index (χ1) is 10.1. The molecule has 2 N–H and O–H groups in total. The number of benzene rings is 2. The van der Waals surface area contributed by atoms with Crippen molar-refractivity contribution in [1.82, 2.24) is 0 Å². The van der Waals surface area contributed by atoms with Gasteiger partial charge in [0.15, 0.2) is 0 Å². The van der Waals surface area contributed by atoms with E-state index >= 15 is 0 Å². The molecule has 0 fully saturated rings. The standard InChI is InChI=1S/C12H10N2O7P/c15-13(16)9-3-1-5-11(7-9)22(19,20,21)12-6-2-4-10(8-12)14(17)18/h1-8,19-20H/q-1. The van der Waals surface area contributed by atoms with Crippen molar-refractivity contribution in [3.63, 3.8) is 0 Å². The number of non-ortho nitro benzene ring substituents is 2. The van der Waals surface area contributed by atoms with Gasteiger partial charge in [-0.3, -0.25) is 0 Å². The molecule has 0 aliphatic heterocycles. The molecule has 0 spiro atoms. The molecule has 0 atom stereocenters. The number of nitrogens with zero attached hydrogens (tertiary/aromatic N) is 2. The molecule has 0 aromatic heterocycles. The molecule has 0 aliphatic carbocycles. The first-order valence-corrected chi connectivity index (χ1v) is 7.91. The van der Waals surface area contributed by atoms with Crippen LogP contribution in [-0.2, 0) is 0 Å². The van der Waals surface area contributed by atoms with Crippen molar-refractivity contribution in [2.24, 2.45) is 0 Å². The second-order valence-electron chi connectivity index (χ2n) is 4.50. The van der Waals surface area contributed by atoms with Gasteiger partial charge in [-0.15, -0.1) is 0 Å². The molecular weight excluding hydrogens is 315 g/mol. The van der Waals surface area contributed by atoms with Crippen LogP contribution in [0, 0.1) is 20.2 Å². The second kappa shape index (κ2) is 5.08. The Morgan fingerprint density at radius 1 is 0.818 bits per heavy atom. The van der Waals surface area contributed by atoms with Gasteiger partial charge in [-0.2, -0.15) is 0 Å². The molecule has 2 aromatic carbocycles. The second-order valence-corrected chi connectivity index (χ2v) is 7.43. The zero-order valence-electron chi connectivity index (χ0n) is 10.9. The van der Waals surface area contributed by atoms with Crippen LogP contribution in [0.5, 0.6) is 0 Å². The SMILES string of the molecule is O=[N+]([O-])c1cccc(P([O-])(O)(O)c2cccc([N+](=O)[O-])c2)c1. The van der Waals surface area contributed by atoms with Crippen LogP contribution in [-0.4, -0.2) is 19.6 Å². The third-order valence-corrected chi connectivity index (χ3v) is 5.43. The van der Waals surface area contributed by atoms with E-state index in [1.165, 1.54) is 0 Å². The molecular formula is C12H10N2O7P-. The predicted molar refractivity (Wildman–Crippen MR) is 76.8 cm³/mol. The van der Waals surface area contributed by atoms with Gasteiger partial charge in [0.05, 0.1) is 0 Å². The van der Waals surface area contributed by atoms with Gasteiger partial charge in [0.2, 0.25) is 0 Å². The predicted octanol–water partition coefficient (Wildman–Crippen LogP) is 0.0970. The van der Waals surface area contributed by atoms with Gasteiger partial charge < -0.3 is 0 Å². The molecule has 22 heavy (non-hydrogen) atoms. The number of nitro groups is 2. The Morgan fingerprint density at radius 3 is 1.50 bits per heavy atom. The minimum atomic E-state index is -5.96. The van der Waals surface area contributed by atoms with Crippen molar-refractivity contribution in [2.45, 2.75) is 0 Å². The summed E-state index contributed by atoms with van der Waals surface area (Å²) >= 11 is 0. The summed E-state index contributed by atoms with van der Waals surface area (Å²) in [7, 11) is -5.96. The van der Waals surface area contributed by atoms with Gasteiger partial charge in [0, 0.05) is 0 Å². The zero-order valence-corrected chi connectivity index (χ0v) is 11.8. The molecule has 0 amide bonds. The summed E-state index contributed by atoms with van der Waals surface area (Å²) in [6, 6.07) is 8.03. The van der Waals surface area contributed by atoms with E-state index in [2.05, 4.69) is 0 Å². The Kier molecular flexibility index (Phi) is 3.68. The van der Waals surface area contributed by atoms with E-state index in [-0.39, 0.29) is 0 Å². The Morgan fingerprint density at radius 2 is 1.18 bits per heavy atom. The van der Waals surface area contributed by atoms with Crippen LogP contribution < -0.4 is 15.5 Å². The normalized spacial score (nSPS) is 13.1. The fourth-order valence-corrected chi connectivity index (χ4v) is 3.60. The molecule has 0 unspecified atom stereocenters. The van der Waals surface area contributed by atoms with Crippen LogP contribution in [0.25, 0.3) is 0 Å². The van der Waals surface area contributed by atoms with Gasteiger partial charge in [-0.25, -0.2) is 0 Å².